The number of hydrogen-bond donors (Lipinski definition) is 2. The highest BCUT2D eigenvalue weighted by atomic mass is 32.2. The van der Waals surface area contributed by atoms with Crippen LogP contribution in [0.2, 0.25) is 0 Å². The molecule has 11 heteroatoms. The second-order valence-electron chi connectivity index (χ2n) is 7.99. The van der Waals surface area contributed by atoms with Crippen LogP contribution in [0, 0.1) is 12.8 Å². The van der Waals surface area contributed by atoms with Crippen LogP contribution in [-0.4, -0.2) is 76.8 Å². The SMILES string of the molecule is Cc1ccccc1C(=O)NC(CC(C)C)C(=O)N1CCN(S(=O)(=O)c2ncn[nH]2)CC1. The largest absolute Gasteiger partial charge is 0.340 e. The third-order valence-electron chi connectivity index (χ3n) is 5.23. The van der Waals surface area contributed by atoms with Gasteiger partial charge in [-0.3, -0.25) is 9.59 Å². The van der Waals surface area contributed by atoms with Crippen molar-refractivity contribution in [1.82, 2.24) is 29.7 Å². The highest BCUT2D eigenvalue weighted by molar-refractivity contribution is 7.88. The fraction of sp³-hybridized carbons (Fsp3) is 0.500. The second kappa shape index (κ2) is 9.56. The number of nitrogens with one attached hydrogen (secondary N) is 2. The molecule has 0 bridgehead atoms. The summed E-state index contributed by atoms with van der Waals surface area (Å²) in [5.41, 5.74) is 1.37. The number of piperazine rings is 1. The summed E-state index contributed by atoms with van der Waals surface area (Å²) in [6.07, 6.45) is 1.63. The summed E-state index contributed by atoms with van der Waals surface area (Å²) >= 11 is 0. The van der Waals surface area contributed by atoms with Gasteiger partial charge in [0.25, 0.3) is 21.1 Å². The molecule has 2 heterocycles. The van der Waals surface area contributed by atoms with E-state index in [-0.39, 0.29) is 49.1 Å². The van der Waals surface area contributed by atoms with Crippen LogP contribution in [-0.2, 0) is 14.8 Å². The van der Waals surface area contributed by atoms with Crippen molar-refractivity contribution in [2.24, 2.45) is 5.92 Å². The lowest BCUT2D eigenvalue weighted by Gasteiger charge is -2.35. The molecule has 0 saturated carbocycles. The first-order valence-corrected chi connectivity index (χ1v) is 11.6. The smallest absolute Gasteiger partial charge is 0.278 e. The lowest BCUT2D eigenvalue weighted by atomic mass is 10.0. The Balaban J connectivity index is 1.67. The van der Waals surface area contributed by atoms with E-state index in [1.54, 1.807) is 17.0 Å². The molecule has 10 nitrogen and oxygen atoms in total. The average molecular weight is 449 g/mol. The molecule has 1 aliphatic rings. The van der Waals surface area contributed by atoms with Crippen LogP contribution in [0.1, 0.15) is 36.2 Å². The van der Waals surface area contributed by atoms with Gasteiger partial charge in [0.15, 0.2) is 0 Å². The number of carbonyl (C=O) groups excluding carboxylic acids is 2. The maximum absolute atomic E-state index is 13.2. The summed E-state index contributed by atoms with van der Waals surface area (Å²) in [7, 11) is -3.77. The first-order valence-electron chi connectivity index (χ1n) is 10.2. The number of aryl methyl sites for hydroxylation is 1. The van der Waals surface area contributed by atoms with Crippen molar-refractivity contribution in [3.05, 3.63) is 41.7 Å². The molecule has 31 heavy (non-hydrogen) atoms. The Morgan fingerprint density at radius 2 is 1.84 bits per heavy atom. The molecule has 2 amide bonds. The highest BCUT2D eigenvalue weighted by Crippen LogP contribution is 2.16. The molecule has 0 aliphatic carbocycles. The maximum atomic E-state index is 13.2. The lowest BCUT2D eigenvalue weighted by molar-refractivity contribution is -0.134. The van der Waals surface area contributed by atoms with Crippen LogP contribution >= 0.6 is 0 Å². The zero-order valence-electron chi connectivity index (χ0n) is 17.9. The Bertz CT molecular complexity index is 1010. The zero-order chi connectivity index (χ0) is 22.6. The number of benzene rings is 1. The molecule has 1 saturated heterocycles. The summed E-state index contributed by atoms with van der Waals surface area (Å²) < 4.78 is 26.4. The number of amides is 2. The Morgan fingerprint density at radius 1 is 1.16 bits per heavy atom. The molecule has 1 fully saturated rings. The molecule has 1 aliphatic heterocycles. The average Bonchev–Trinajstić information content (AvgIpc) is 3.28. The molecule has 2 aromatic rings. The number of aromatic amines is 1. The van der Waals surface area contributed by atoms with E-state index in [0.29, 0.717) is 12.0 Å². The summed E-state index contributed by atoms with van der Waals surface area (Å²) in [6, 6.07) is 6.55. The molecule has 1 unspecified atom stereocenters. The highest BCUT2D eigenvalue weighted by Gasteiger charge is 2.34. The topological polar surface area (TPSA) is 128 Å². The number of carbonyl (C=O) groups is 2. The van der Waals surface area contributed by atoms with E-state index in [2.05, 4.69) is 20.5 Å². The molecule has 1 aromatic heterocycles. The third-order valence-corrected chi connectivity index (χ3v) is 6.96. The predicted molar refractivity (Wildman–Crippen MR) is 114 cm³/mol. The minimum Gasteiger partial charge on any atom is -0.340 e. The van der Waals surface area contributed by atoms with Crippen molar-refractivity contribution in [3.8, 4) is 0 Å². The van der Waals surface area contributed by atoms with Gasteiger partial charge in [-0.2, -0.15) is 9.40 Å². The van der Waals surface area contributed by atoms with Gasteiger partial charge in [-0.05, 0) is 30.9 Å². The molecular weight excluding hydrogens is 420 g/mol. The molecular formula is C20H28N6O4S. The predicted octanol–water partition coefficient (Wildman–Crippen LogP) is 0.791. The minimum atomic E-state index is -3.77. The van der Waals surface area contributed by atoms with E-state index in [0.717, 1.165) is 11.9 Å². The number of H-pyrrole nitrogens is 1. The van der Waals surface area contributed by atoms with E-state index in [1.165, 1.54) is 4.31 Å². The van der Waals surface area contributed by atoms with Gasteiger partial charge in [-0.25, -0.2) is 18.5 Å². The van der Waals surface area contributed by atoms with Gasteiger partial charge in [0.05, 0.1) is 0 Å². The number of rotatable bonds is 7. The Hall–Kier alpha value is -2.79. The summed E-state index contributed by atoms with van der Waals surface area (Å²) in [5.74, 6) is -0.296. The van der Waals surface area contributed by atoms with Crippen molar-refractivity contribution < 1.29 is 18.0 Å². The number of aromatic nitrogens is 3. The number of sulfonamides is 1. The maximum Gasteiger partial charge on any atom is 0.278 e. The van der Waals surface area contributed by atoms with Gasteiger partial charge in [0, 0.05) is 31.7 Å². The summed E-state index contributed by atoms with van der Waals surface area (Å²) in [4.78, 5) is 31.3. The van der Waals surface area contributed by atoms with Gasteiger partial charge < -0.3 is 10.2 Å². The lowest BCUT2D eigenvalue weighted by Crippen LogP contribution is -2.56. The molecule has 1 atom stereocenters. The Kier molecular flexibility index (Phi) is 7.06. The van der Waals surface area contributed by atoms with Crippen LogP contribution < -0.4 is 5.32 Å². The van der Waals surface area contributed by atoms with E-state index in [9.17, 15) is 18.0 Å². The van der Waals surface area contributed by atoms with Crippen molar-refractivity contribution in [1.29, 1.82) is 0 Å². The first-order chi connectivity index (χ1) is 14.7. The van der Waals surface area contributed by atoms with Gasteiger partial charge in [-0.1, -0.05) is 32.0 Å². The van der Waals surface area contributed by atoms with Crippen molar-refractivity contribution >= 4 is 21.8 Å². The minimum absolute atomic E-state index is 0.148. The summed E-state index contributed by atoms with van der Waals surface area (Å²) in [5, 5.41) is 8.63. The second-order valence-corrected chi connectivity index (χ2v) is 9.84. The van der Waals surface area contributed by atoms with Crippen molar-refractivity contribution in [2.75, 3.05) is 26.2 Å². The van der Waals surface area contributed by atoms with E-state index in [4.69, 9.17) is 0 Å². The number of hydrogen-bond acceptors (Lipinski definition) is 6. The van der Waals surface area contributed by atoms with Crippen molar-refractivity contribution in [3.63, 3.8) is 0 Å². The van der Waals surface area contributed by atoms with E-state index in [1.807, 2.05) is 32.9 Å². The first kappa shape index (κ1) is 22.9. The Labute approximate surface area is 182 Å². The number of nitrogens with zero attached hydrogens (tertiary/aromatic N) is 4. The van der Waals surface area contributed by atoms with E-state index >= 15 is 0 Å². The van der Waals surface area contributed by atoms with Crippen LogP contribution in [0.25, 0.3) is 0 Å². The fourth-order valence-electron chi connectivity index (χ4n) is 3.57. The molecule has 3 rings (SSSR count). The van der Waals surface area contributed by atoms with Crippen LogP contribution in [0.4, 0.5) is 0 Å². The molecule has 0 radical (unpaired) electrons. The quantitative estimate of drug-likeness (QED) is 0.644. The molecule has 168 valence electrons. The standard InChI is InChI=1S/C20H28N6O4S/c1-14(2)12-17(23-18(27)16-7-5-4-6-15(16)3)19(28)25-8-10-26(11-9-25)31(29,30)20-21-13-22-24-20/h4-7,13-14,17H,8-12H2,1-3H3,(H,23,27)(H,21,22,24). The normalized spacial score (nSPS) is 16.3. The monoisotopic (exact) mass is 448 g/mol. The summed E-state index contributed by atoms with van der Waals surface area (Å²) in [6.45, 7) is 6.60. The molecule has 1 aromatic carbocycles. The van der Waals surface area contributed by atoms with Gasteiger partial charge >= 0.3 is 0 Å². The van der Waals surface area contributed by atoms with Crippen molar-refractivity contribution in [2.45, 2.75) is 38.4 Å². The third kappa shape index (κ3) is 5.28. The van der Waals surface area contributed by atoms with E-state index < -0.39 is 16.1 Å². The van der Waals surface area contributed by atoms with Gasteiger partial charge in [0.1, 0.15) is 12.4 Å². The zero-order valence-corrected chi connectivity index (χ0v) is 18.7. The van der Waals surface area contributed by atoms with Crippen LogP contribution in [0.3, 0.4) is 0 Å². The fourth-order valence-corrected chi connectivity index (χ4v) is 4.80. The molecule has 2 N–H and O–H groups in total. The van der Waals surface area contributed by atoms with Gasteiger partial charge in [0.2, 0.25) is 5.91 Å². The van der Waals surface area contributed by atoms with Crippen LogP contribution in [0.5, 0.6) is 0 Å². The molecule has 0 spiro atoms. The Morgan fingerprint density at radius 3 is 2.42 bits per heavy atom. The van der Waals surface area contributed by atoms with Crippen LogP contribution in [0.15, 0.2) is 35.7 Å². The van der Waals surface area contributed by atoms with Gasteiger partial charge in [-0.15, -0.1) is 0 Å².